The fourth-order valence-electron chi connectivity index (χ4n) is 6.65. The topological polar surface area (TPSA) is 114 Å². The molecule has 2 atom stereocenters. The van der Waals surface area contributed by atoms with Crippen LogP contribution in [0.15, 0.2) is 60.7 Å². The fourth-order valence-corrected chi connectivity index (χ4v) is 6.65. The summed E-state index contributed by atoms with van der Waals surface area (Å²) in [5.74, 6) is -0.436. The van der Waals surface area contributed by atoms with Gasteiger partial charge in [-0.15, -0.1) is 0 Å². The van der Waals surface area contributed by atoms with Gasteiger partial charge in [-0.1, -0.05) is 24.3 Å². The monoisotopic (exact) mass is 545 g/mol. The van der Waals surface area contributed by atoms with Crippen molar-refractivity contribution in [2.24, 2.45) is 11.8 Å². The zero-order valence-corrected chi connectivity index (χ0v) is 22.1. The summed E-state index contributed by atoms with van der Waals surface area (Å²) in [6.07, 6.45) is 10.5. The van der Waals surface area contributed by atoms with Crippen molar-refractivity contribution in [1.82, 2.24) is 4.90 Å². The van der Waals surface area contributed by atoms with Crippen LogP contribution in [0.2, 0.25) is 0 Å². The van der Waals surface area contributed by atoms with E-state index >= 15 is 0 Å². The molecule has 2 aromatic rings. The van der Waals surface area contributed by atoms with Crippen molar-refractivity contribution in [1.29, 1.82) is 5.26 Å². The predicted molar refractivity (Wildman–Crippen MR) is 147 cm³/mol. The summed E-state index contributed by atoms with van der Waals surface area (Å²) in [5, 5.41) is 24.6. The summed E-state index contributed by atoms with van der Waals surface area (Å²) in [6.45, 7) is 3.84. The highest BCUT2D eigenvalue weighted by molar-refractivity contribution is 5.89. The summed E-state index contributed by atoms with van der Waals surface area (Å²) < 4.78 is 20.5. The number of nitrogens with zero attached hydrogens (tertiary/aromatic N) is 3. The summed E-state index contributed by atoms with van der Waals surface area (Å²) in [6, 6.07) is 15.9. The Hall–Kier alpha value is -4.16. The van der Waals surface area contributed by atoms with Gasteiger partial charge in [0.15, 0.2) is 0 Å². The molecular weight excluding hydrogens is 513 g/mol. The molecule has 2 aliphatic heterocycles. The Morgan fingerprint density at radius 1 is 1.00 bits per heavy atom. The van der Waals surface area contributed by atoms with Gasteiger partial charge < -0.3 is 19.8 Å². The quantitative estimate of drug-likeness (QED) is 0.538. The Kier molecular flexibility index (Phi) is 7.90. The number of aliphatic carboxylic acids is 2. The summed E-state index contributed by atoms with van der Waals surface area (Å²) >= 11 is 0. The Bertz CT molecular complexity index is 1350. The molecule has 208 valence electrons. The van der Waals surface area contributed by atoms with E-state index < -0.39 is 17.8 Å². The average molecular weight is 546 g/mol. The van der Waals surface area contributed by atoms with E-state index in [2.05, 4.69) is 46.2 Å². The molecule has 8 nitrogen and oxygen atoms in total. The molecule has 6 rings (SSSR count). The first-order valence-electron chi connectivity index (χ1n) is 13.5. The first-order valence-corrected chi connectivity index (χ1v) is 13.5. The van der Waals surface area contributed by atoms with Crippen LogP contribution >= 0.6 is 0 Å². The Morgan fingerprint density at radius 3 is 2.25 bits per heavy atom. The van der Waals surface area contributed by atoms with Crippen LogP contribution < -0.4 is 9.64 Å². The van der Waals surface area contributed by atoms with Gasteiger partial charge in [0.05, 0.1) is 5.56 Å². The van der Waals surface area contributed by atoms with Crippen LogP contribution in [-0.4, -0.2) is 64.9 Å². The lowest BCUT2D eigenvalue weighted by Gasteiger charge is -2.40. The molecule has 2 aromatic carbocycles. The van der Waals surface area contributed by atoms with Crippen molar-refractivity contribution in [3.05, 3.63) is 77.6 Å². The lowest BCUT2D eigenvalue weighted by Crippen LogP contribution is -2.50. The van der Waals surface area contributed by atoms with E-state index in [-0.39, 0.29) is 11.2 Å². The van der Waals surface area contributed by atoms with Crippen LogP contribution in [0.3, 0.4) is 0 Å². The first kappa shape index (κ1) is 27.4. The van der Waals surface area contributed by atoms with Gasteiger partial charge in [-0.05, 0) is 67.9 Å². The molecule has 2 unspecified atom stereocenters. The number of carboxylic acid groups (broad SMARTS) is 2. The lowest BCUT2D eigenvalue weighted by molar-refractivity contribution is -0.134. The number of anilines is 1. The third kappa shape index (κ3) is 6.02. The minimum absolute atomic E-state index is 0.104. The standard InChI is InChI=1S/C27H28FN3O.C4H4O4/c28-25-15-23(6-5-20(25)18-29)30-9-11-31(12-10-30)24-13-21-16-27(17-22(21)14-24)8-7-19-3-1-2-4-26(19)32-27;5-3(6)1-2-4(7)8/h1-8,15,21-22,24H,9-14,16-17H2;1-2H,(H,5,6)(H,7,8)/b;2-1+. The van der Waals surface area contributed by atoms with E-state index in [9.17, 15) is 14.0 Å². The number of benzene rings is 2. The van der Waals surface area contributed by atoms with Gasteiger partial charge in [-0.3, -0.25) is 4.90 Å². The van der Waals surface area contributed by atoms with E-state index in [1.807, 2.05) is 12.1 Å². The van der Waals surface area contributed by atoms with Crippen LogP contribution in [0.4, 0.5) is 10.1 Å². The van der Waals surface area contributed by atoms with Crippen molar-refractivity contribution in [2.75, 3.05) is 31.1 Å². The number of carboxylic acids is 2. The lowest BCUT2D eigenvalue weighted by atomic mass is 9.92. The maximum Gasteiger partial charge on any atom is 0.328 e. The molecule has 9 heteroatoms. The van der Waals surface area contributed by atoms with Gasteiger partial charge in [0.1, 0.15) is 23.2 Å². The largest absolute Gasteiger partial charge is 0.483 e. The number of piperazine rings is 1. The number of nitriles is 1. The predicted octanol–water partition coefficient (Wildman–Crippen LogP) is 4.56. The molecule has 40 heavy (non-hydrogen) atoms. The van der Waals surface area contributed by atoms with E-state index in [1.54, 1.807) is 6.07 Å². The zero-order chi connectivity index (χ0) is 28.3. The minimum atomic E-state index is -1.26. The average Bonchev–Trinajstić information content (AvgIpc) is 3.48. The van der Waals surface area contributed by atoms with Crippen LogP contribution in [-0.2, 0) is 9.59 Å². The van der Waals surface area contributed by atoms with E-state index in [0.29, 0.717) is 18.2 Å². The number of ether oxygens (including phenoxy) is 1. The summed E-state index contributed by atoms with van der Waals surface area (Å²) in [7, 11) is 0. The highest BCUT2D eigenvalue weighted by Gasteiger charge is 2.51. The van der Waals surface area contributed by atoms with Crippen LogP contribution in [0.5, 0.6) is 5.75 Å². The van der Waals surface area contributed by atoms with Gasteiger partial charge in [0.25, 0.3) is 0 Å². The second-order valence-electron chi connectivity index (χ2n) is 10.9. The van der Waals surface area contributed by atoms with E-state index in [0.717, 1.165) is 62.3 Å². The Balaban J connectivity index is 0.000000355. The maximum atomic E-state index is 14.0. The van der Waals surface area contributed by atoms with Gasteiger partial charge in [-0.2, -0.15) is 5.26 Å². The smallest absolute Gasteiger partial charge is 0.328 e. The highest BCUT2D eigenvalue weighted by Crippen LogP contribution is 2.53. The van der Waals surface area contributed by atoms with Crippen molar-refractivity contribution >= 4 is 23.7 Å². The van der Waals surface area contributed by atoms with Crippen LogP contribution in [0.25, 0.3) is 6.08 Å². The number of fused-ring (bicyclic) bond motifs is 2. The second kappa shape index (κ2) is 11.5. The first-order chi connectivity index (χ1) is 19.2. The molecule has 4 aliphatic rings. The number of rotatable bonds is 4. The van der Waals surface area contributed by atoms with Gasteiger partial charge >= 0.3 is 11.9 Å². The maximum absolute atomic E-state index is 14.0. The van der Waals surface area contributed by atoms with E-state index in [1.165, 1.54) is 24.5 Å². The summed E-state index contributed by atoms with van der Waals surface area (Å²) in [4.78, 5) is 24.0. The molecule has 0 amide bonds. The molecule has 0 aromatic heterocycles. The van der Waals surface area contributed by atoms with Crippen molar-refractivity contribution in [2.45, 2.75) is 37.3 Å². The van der Waals surface area contributed by atoms with Crippen LogP contribution in [0, 0.1) is 29.0 Å². The Morgan fingerprint density at radius 2 is 1.65 bits per heavy atom. The molecule has 2 saturated carbocycles. The van der Waals surface area contributed by atoms with Crippen molar-refractivity contribution < 1.29 is 28.9 Å². The molecule has 1 saturated heterocycles. The SMILES string of the molecule is N#Cc1ccc(N2CCN(C3CC4CC5(C=Cc6ccccc6O5)CC4C3)CC2)cc1F.O=C(O)/C=C/C(=O)O. The molecule has 0 radical (unpaired) electrons. The normalized spacial score (nSPS) is 26.9. The Labute approximate surface area is 232 Å². The third-order valence-corrected chi connectivity index (χ3v) is 8.47. The molecule has 0 bridgehead atoms. The molecule has 3 fully saturated rings. The van der Waals surface area contributed by atoms with Gasteiger partial charge in [0.2, 0.25) is 0 Å². The number of hydrogen-bond acceptors (Lipinski definition) is 6. The van der Waals surface area contributed by atoms with Crippen LogP contribution in [0.1, 0.15) is 36.8 Å². The summed E-state index contributed by atoms with van der Waals surface area (Å²) in [5.41, 5.74) is 2.08. The van der Waals surface area contributed by atoms with Crippen molar-refractivity contribution in [3.8, 4) is 11.8 Å². The number of hydrogen-bond donors (Lipinski definition) is 2. The molecule has 2 aliphatic carbocycles. The number of halogens is 1. The van der Waals surface area contributed by atoms with Gasteiger partial charge in [-0.25, -0.2) is 14.0 Å². The van der Waals surface area contributed by atoms with E-state index in [4.69, 9.17) is 20.2 Å². The molecule has 1 spiro atoms. The minimum Gasteiger partial charge on any atom is -0.483 e. The molecule has 2 heterocycles. The third-order valence-electron chi connectivity index (χ3n) is 8.47. The number of carbonyl (C=O) groups is 2. The molecule has 2 N–H and O–H groups in total. The van der Waals surface area contributed by atoms with Crippen molar-refractivity contribution in [3.63, 3.8) is 0 Å². The molecular formula is C31H32FN3O5. The zero-order valence-electron chi connectivity index (χ0n) is 22.1. The highest BCUT2D eigenvalue weighted by atomic mass is 19.1. The second-order valence-corrected chi connectivity index (χ2v) is 10.9. The fraction of sp³-hybridized carbons (Fsp3) is 0.387. The van der Waals surface area contributed by atoms with Gasteiger partial charge in [0, 0.05) is 55.6 Å². The number of para-hydroxylation sites is 1.